The maximum Gasteiger partial charge on any atom is 0.356 e. The van der Waals surface area contributed by atoms with Crippen molar-refractivity contribution in [2.75, 3.05) is 12.4 Å². The lowest BCUT2D eigenvalue weighted by Crippen LogP contribution is -2.31. The summed E-state index contributed by atoms with van der Waals surface area (Å²) in [4.78, 5) is 26.0. The number of methoxy groups -OCH3 is 1. The highest BCUT2D eigenvalue weighted by molar-refractivity contribution is 5.88. The Morgan fingerprint density at radius 1 is 1.55 bits per heavy atom. The molecule has 7 nitrogen and oxygen atoms in total. The van der Waals surface area contributed by atoms with Crippen LogP contribution in [-0.4, -0.2) is 29.0 Å². The van der Waals surface area contributed by atoms with Gasteiger partial charge in [0.05, 0.1) is 12.0 Å². The molecule has 0 amide bonds. The van der Waals surface area contributed by atoms with Gasteiger partial charge in [-0.1, -0.05) is 6.42 Å². The summed E-state index contributed by atoms with van der Waals surface area (Å²) in [6, 6.07) is 2.65. The van der Waals surface area contributed by atoms with Gasteiger partial charge in [0, 0.05) is 12.1 Å². The number of esters is 1. The van der Waals surface area contributed by atoms with Crippen molar-refractivity contribution in [3.05, 3.63) is 27.9 Å². The van der Waals surface area contributed by atoms with Crippen LogP contribution in [0.2, 0.25) is 0 Å². The van der Waals surface area contributed by atoms with E-state index in [-0.39, 0.29) is 23.2 Å². The minimum atomic E-state index is -0.612. The molecule has 1 saturated carbocycles. The van der Waals surface area contributed by atoms with E-state index in [9.17, 15) is 14.9 Å². The van der Waals surface area contributed by atoms with Crippen LogP contribution in [0.1, 0.15) is 36.7 Å². The predicted octanol–water partition coefficient (Wildman–Crippen LogP) is 2.38. The third kappa shape index (κ3) is 2.87. The monoisotopic (exact) mass is 279 g/mol. The second-order valence-corrected chi connectivity index (χ2v) is 4.94. The van der Waals surface area contributed by atoms with Crippen molar-refractivity contribution in [2.45, 2.75) is 32.2 Å². The third-order valence-corrected chi connectivity index (χ3v) is 3.69. The Morgan fingerprint density at radius 2 is 2.25 bits per heavy atom. The normalized spacial score (nSPS) is 16.1. The second-order valence-electron chi connectivity index (χ2n) is 4.94. The maximum atomic E-state index is 11.5. The summed E-state index contributed by atoms with van der Waals surface area (Å²) in [5.74, 6) is 0.00901. The molecule has 0 aliphatic heterocycles. The maximum absolute atomic E-state index is 11.5. The van der Waals surface area contributed by atoms with Gasteiger partial charge >= 0.3 is 11.7 Å². The molecule has 2 rings (SSSR count). The Balaban J connectivity index is 2.26. The van der Waals surface area contributed by atoms with Crippen LogP contribution >= 0.6 is 0 Å². The summed E-state index contributed by atoms with van der Waals surface area (Å²) >= 11 is 0. The topological polar surface area (TPSA) is 94.4 Å². The molecule has 1 unspecified atom stereocenters. The standard InChI is InChI=1S/C13H17N3O4/c1-8(9-4-3-5-9)14-12-11(16(18)19)7-6-10(15-12)13(17)20-2/h6-9H,3-5H2,1-2H3,(H,14,15). The molecule has 1 heterocycles. The van der Waals surface area contributed by atoms with Gasteiger partial charge in [-0.2, -0.15) is 0 Å². The molecule has 1 aromatic rings. The minimum Gasteiger partial charge on any atom is -0.464 e. The zero-order valence-corrected chi connectivity index (χ0v) is 11.5. The minimum absolute atomic E-state index is 0.0569. The van der Waals surface area contributed by atoms with Gasteiger partial charge in [-0.3, -0.25) is 10.1 Å². The first-order valence-corrected chi connectivity index (χ1v) is 6.53. The van der Waals surface area contributed by atoms with Gasteiger partial charge in [0.15, 0.2) is 5.69 Å². The fraction of sp³-hybridized carbons (Fsp3) is 0.538. The fourth-order valence-corrected chi connectivity index (χ4v) is 2.20. The number of carbonyl (C=O) groups excluding carboxylic acids is 1. The molecule has 1 aliphatic rings. The van der Waals surface area contributed by atoms with Crippen LogP contribution in [-0.2, 0) is 4.74 Å². The van der Waals surface area contributed by atoms with Crippen LogP contribution in [0.4, 0.5) is 11.5 Å². The molecule has 0 aromatic carbocycles. The molecule has 1 N–H and O–H groups in total. The number of carbonyl (C=O) groups is 1. The highest BCUT2D eigenvalue weighted by Crippen LogP contribution is 2.32. The Bertz CT molecular complexity index is 528. The van der Waals surface area contributed by atoms with Crippen LogP contribution in [0.25, 0.3) is 0 Å². The zero-order chi connectivity index (χ0) is 14.7. The Morgan fingerprint density at radius 3 is 2.75 bits per heavy atom. The molecular formula is C13H17N3O4. The third-order valence-electron chi connectivity index (χ3n) is 3.69. The molecule has 108 valence electrons. The summed E-state index contributed by atoms with van der Waals surface area (Å²) < 4.78 is 4.58. The molecular weight excluding hydrogens is 262 g/mol. The smallest absolute Gasteiger partial charge is 0.356 e. The number of nitrogens with one attached hydrogen (secondary N) is 1. The van der Waals surface area contributed by atoms with E-state index in [1.807, 2.05) is 6.92 Å². The van der Waals surface area contributed by atoms with E-state index >= 15 is 0 Å². The highest BCUT2D eigenvalue weighted by Gasteiger charge is 2.27. The van der Waals surface area contributed by atoms with Crippen LogP contribution in [0.15, 0.2) is 12.1 Å². The van der Waals surface area contributed by atoms with Crippen molar-refractivity contribution in [1.29, 1.82) is 0 Å². The quantitative estimate of drug-likeness (QED) is 0.505. The number of pyridine rings is 1. The van der Waals surface area contributed by atoms with Crippen LogP contribution in [0.3, 0.4) is 0 Å². The predicted molar refractivity (Wildman–Crippen MR) is 72.7 cm³/mol. The van der Waals surface area contributed by atoms with Gasteiger partial charge in [0.2, 0.25) is 5.82 Å². The van der Waals surface area contributed by atoms with Crippen molar-refractivity contribution in [3.63, 3.8) is 0 Å². The van der Waals surface area contributed by atoms with Crippen molar-refractivity contribution >= 4 is 17.5 Å². The largest absolute Gasteiger partial charge is 0.464 e. The van der Waals surface area contributed by atoms with Gasteiger partial charge in [-0.25, -0.2) is 9.78 Å². The SMILES string of the molecule is COC(=O)c1ccc([N+](=O)[O-])c(NC(C)C2CCC2)n1. The first-order valence-electron chi connectivity index (χ1n) is 6.53. The zero-order valence-electron chi connectivity index (χ0n) is 11.5. The number of nitro groups is 1. The summed E-state index contributed by atoms with van der Waals surface area (Å²) in [7, 11) is 1.25. The van der Waals surface area contributed by atoms with Crippen LogP contribution in [0, 0.1) is 16.0 Å². The average molecular weight is 279 g/mol. The van der Waals surface area contributed by atoms with E-state index in [1.165, 1.54) is 25.7 Å². The molecule has 1 atom stereocenters. The van der Waals surface area contributed by atoms with Gasteiger partial charge in [-0.05, 0) is 31.7 Å². The van der Waals surface area contributed by atoms with E-state index in [1.54, 1.807) is 0 Å². The number of hydrogen-bond acceptors (Lipinski definition) is 6. The molecule has 0 bridgehead atoms. The van der Waals surface area contributed by atoms with E-state index in [0.717, 1.165) is 12.8 Å². The van der Waals surface area contributed by atoms with Gasteiger partial charge in [0.25, 0.3) is 0 Å². The molecule has 20 heavy (non-hydrogen) atoms. The van der Waals surface area contributed by atoms with Crippen molar-refractivity contribution in [2.24, 2.45) is 5.92 Å². The number of anilines is 1. The molecule has 0 saturated heterocycles. The van der Waals surface area contributed by atoms with Crippen LogP contribution < -0.4 is 5.32 Å². The summed E-state index contributed by atoms with van der Waals surface area (Å²) in [5.41, 5.74) is -0.0785. The van der Waals surface area contributed by atoms with E-state index in [0.29, 0.717) is 5.92 Å². The molecule has 7 heteroatoms. The Labute approximate surface area is 116 Å². The van der Waals surface area contributed by atoms with Gasteiger partial charge < -0.3 is 10.1 Å². The van der Waals surface area contributed by atoms with E-state index in [2.05, 4.69) is 15.0 Å². The second kappa shape index (κ2) is 5.85. The number of hydrogen-bond donors (Lipinski definition) is 1. The summed E-state index contributed by atoms with van der Waals surface area (Å²) in [6.45, 7) is 1.97. The Hall–Kier alpha value is -2.18. The Kier molecular flexibility index (Phi) is 4.16. The lowest BCUT2D eigenvalue weighted by molar-refractivity contribution is -0.384. The molecule has 1 fully saturated rings. The molecule has 0 radical (unpaired) electrons. The first-order chi connectivity index (χ1) is 9.52. The van der Waals surface area contributed by atoms with Crippen LogP contribution in [0.5, 0.6) is 0 Å². The van der Waals surface area contributed by atoms with E-state index in [4.69, 9.17) is 0 Å². The summed E-state index contributed by atoms with van der Waals surface area (Å²) in [5, 5.41) is 14.1. The number of nitrogens with zero attached hydrogens (tertiary/aromatic N) is 2. The van der Waals surface area contributed by atoms with Gasteiger partial charge in [0.1, 0.15) is 0 Å². The lowest BCUT2D eigenvalue weighted by Gasteiger charge is -2.32. The molecule has 1 aromatic heterocycles. The first kappa shape index (κ1) is 14.2. The highest BCUT2D eigenvalue weighted by atomic mass is 16.6. The lowest BCUT2D eigenvalue weighted by atomic mass is 9.80. The van der Waals surface area contributed by atoms with Gasteiger partial charge in [-0.15, -0.1) is 0 Å². The number of aromatic nitrogens is 1. The van der Waals surface area contributed by atoms with E-state index < -0.39 is 10.9 Å². The number of rotatable bonds is 5. The summed E-state index contributed by atoms with van der Waals surface area (Å²) in [6.07, 6.45) is 3.41. The average Bonchev–Trinajstić information content (AvgIpc) is 2.35. The van der Waals surface area contributed by atoms with Crippen molar-refractivity contribution in [3.8, 4) is 0 Å². The molecule has 0 spiro atoms. The fourth-order valence-electron chi connectivity index (χ4n) is 2.20. The van der Waals surface area contributed by atoms with Crippen molar-refractivity contribution in [1.82, 2.24) is 4.98 Å². The van der Waals surface area contributed by atoms with Crippen molar-refractivity contribution < 1.29 is 14.5 Å². The number of ether oxygens (including phenoxy) is 1. The molecule has 1 aliphatic carbocycles.